The van der Waals surface area contributed by atoms with Crippen LogP contribution < -0.4 is 5.32 Å². The Morgan fingerprint density at radius 2 is 2.28 bits per heavy atom. The Bertz CT molecular complexity index is 746. The number of piperidine rings is 1. The van der Waals surface area contributed by atoms with Crippen molar-refractivity contribution in [1.82, 2.24) is 14.7 Å². The van der Waals surface area contributed by atoms with Crippen LogP contribution in [0, 0.1) is 6.92 Å². The van der Waals surface area contributed by atoms with E-state index >= 15 is 0 Å². The van der Waals surface area contributed by atoms with Gasteiger partial charge in [-0.25, -0.2) is 4.79 Å². The van der Waals surface area contributed by atoms with Gasteiger partial charge in [-0.05, 0) is 43.5 Å². The fourth-order valence-corrected chi connectivity index (χ4v) is 3.34. The van der Waals surface area contributed by atoms with Crippen LogP contribution in [-0.4, -0.2) is 45.5 Å². The topological polar surface area (TPSA) is 70.4 Å². The minimum Gasteiger partial charge on any atom is -0.394 e. The number of carbonyl (C=O) groups is 1. The average Bonchev–Trinajstić information content (AvgIpc) is 3.08. The van der Waals surface area contributed by atoms with Crippen LogP contribution in [-0.2, 0) is 6.54 Å². The molecular formula is C18H23ClN4O2. The average molecular weight is 363 g/mol. The Hall–Kier alpha value is -2.05. The fourth-order valence-electron chi connectivity index (χ4n) is 3.16. The van der Waals surface area contributed by atoms with Gasteiger partial charge in [0, 0.05) is 35.9 Å². The molecule has 0 radical (unpaired) electrons. The van der Waals surface area contributed by atoms with Crippen molar-refractivity contribution in [2.24, 2.45) is 0 Å². The van der Waals surface area contributed by atoms with Gasteiger partial charge in [-0.2, -0.15) is 5.10 Å². The number of amides is 2. The number of carbonyl (C=O) groups excluding carboxylic acids is 1. The zero-order valence-corrected chi connectivity index (χ0v) is 15.0. The van der Waals surface area contributed by atoms with E-state index in [0.717, 1.165) is 36.3 Å². The van der Waals surface area contributed by atoms with E-state index in [-0.39, 0.29) is 18.6 Å². The SMILES string of the molecule is Cc1c(Cl)cccc1NC(=O)N1CCC[C@@H](c2ccn(CCO)n2)C1. The number of urea groups is 1. The Kier molecular flexibility index (Phi) is 5.60. The molecule has 0 aliphatic carbocycles. The monoisotopic (exact) mass is 362 g/mol. The van der Waals surface area contributed by atoms with E-state index in [9.17, 15) is 4.79 Å². The van der Waals surface area contributed by atoms with Crippen LogP contribution in [0.15, 0.2) is 30.5 Å². The van der Waals surface area contributed by atoms with Crippen LogP contribution >= 0.6 is 11.6 Å². The van der Waals surface area contributed by atoms with E-state index in [0.29, 0.717) is 18.1 Å². The molecule has 2 heterocycles. The molecule has 1 saturated heterocycles. The number of anilines is 1. The van der Waals surface area contributed by atoms with Crippen LogP contribution in [0.5, 0.6) is 0 Å². The zero-order chi connectivity index (χ0) is 17.8. The second kappa shape index (κ2) is 7.89. The van der Waals surface area contributed by atoms with Crippen molar-refractivity contribution in [2.75, 3.05) is 25.0 Å². The number of hydrogen-bond donors (Lipinski definition) is 2. The van der Waals surface area contributed by atoms with Crippen molar-refractivity contribution >= 4 is 23.3 Å². The number of rotatable bonds is 4. The van der Waals surface area contributed by atoms with Gasteiger partial charge in [0.05, 0.1) is 18.8 Å². The van der Waals surface area contributed by atoms with Gasteiger partial charge in [-0.1, -0.05) is 17.7 Å². The third-order valence-electron chi connectivity index (χ3n) is 4.63. The van der Waals surface area contributed by atoms with Gasteiger partial charge in [0.1, 0.15) is 0 Å². The summed E-state index contributed by atoms with van der Waals surface area (Å²) in [5.41, 5.74) is 2.59. The minimum atomic E-state index is -0.107. The molecule has 0 saturated carbocycles. The summed E-state index contributed by atoms with van der Waals surface area (Å²) in [6.07, 6.45) is 3.83. The van der Waals surface area contributed by atoms with Crippen molar-refractivity contribution in [1.29, 1.82) is 0 Å². The lowest BCUT2D eigenvalue weighted by molar-refractivity contribution is 0.192. The maximum atomic E-state index is 12.6. The molecule has 0 unspecified atom stereocenters. The molecule has 1 fully saturated rings. The van der Waals surface area contributed by atoms with E-state index in [2.05, 4.69) is 10.4 Å². The number of hydrogen-bond acceptors (Lipinski definition) is 3. The zero-order valence-electron chi connectivity index (χ0n) is 14.3. The van der Waals surface area contributed by atoms with Crippen molar-refractivity contribution in [2.45, 2.75) is 32.2 Å². The van der Waals surface area contributed by atoms with Crippen molar-refractivity contribution in [3.8, 4) is 0 Å². The fraction of sp³-hybridized carbons (Fsp3) is 0.444. The summed E-state index contributed by atoms with van der Waals surface area (Å²) in [6, 6.07) is 7.37. The summed E-state index contributed by atoms with van der Waals surface area (Å²) in [7, 11) is 0. The second-order valence-corrected chi connectivity index (χ2v) is 6.76. The second-order valence-electron chi connectivity index (χ2n) is 6.35. The Balaban J connectivity index is 1.66. The van der Waals surface area contributed by atoms with Crippen LogP contribution in [0.4, 0.5) is 10.5 Å². The Morgan fingerprint density at radius 3 is 3.08 bits per heavy atom. The van der Waals surface area contributed by atoms with Crippen LogP contribution in [0.2, 0.25) is 5.02 Å². The minimum absolute atomic E-state index is 0.0688. The summed E-state index contributed by atoms with van der Waals surface area (Å²) in [5.74, 6) is 0.222. The van der Waals surface area contributed by atoms with Crippen molar-refractivity contribution < 1.29 is 9.90 Å². The maximum absolute atomic E-state index is 12.6. The third kappa shape index (κ3) is 4.14. The van der Waals surface area contributed by atoms with E-state index in [1.54, 1.807) is 4.68 Å². The molecule has 1 aliphatic rings. The highest BCUT2D eigenvalue weighted by molar-refractivity contribution is 6.31. The van der Waals surface area contributed by atoms with Gasteiger partial charge in [0.25, 0.3) is 0 Å². The number of aliphatic hydroxyl groups is 1. The van der Waals surface area contributed by atoms with Crippen molar-refractivity contribution in [3.63, 3.8) is 0 Å². The Morgan fingerprint density at radius 1 is 1.44 bits per heavy atom. The molecule has 0 spiro atoms. The largest absolute Gasteiger partial charge is 0.394 e. The summed E-state index contributed by atoms with van der Waals surface area (Å²) < 4.78 is 1.74. The number of benzene rings is 1. The highest BCUT2D eigenvalue weighted by Gasteiger charge is 2.26. The van der Waals surface area contributed by atoms with E-state index in [1.807, 2.05) is 42.3 Å². The molecule has 1 aliphatic heterocycles. The van der Waals surface area contributed by atoms with Crippen LogP contribution in [0.3, 0.4) is 0 Å². The quantitative estimate of drug-likeness (QED) is 0.877. The number of aromatic nitrogens is 2. The molecule has 1 atom stereocenters. The van der Waals surface area contributed by atoms with Crippen LogP contribution in [0.25, 0.3) is 0 Å². The third-order valence-corrected chi connectivity index (χ3v) is 5.04. The lowest BCUT2D eigenvalue weighted by Gasteiger charge is -2.32. The summed E-state index contributed by atoms with van der Waals surface area (Å²) in [6.45, 7) is 3.83. The van der Waals surface area contributed by atoms with Gasteiger partial charge < -0.3 is 15.3 Å². The molecule has 2 aromatic rings. The normalized spacial score (nSPS) is 17.6. The number of halogens is 1. The summed E-state index contributed by atoms with van der Waals surface area (Å²) >= 11 is 6.12. The highest BCUT2D eigenvalue weighted by atomic mass is 35.5. The smallest absolute Gasteiger partial charge is 0.321 e. The molecule has 3 rings (SSSR count). The predicted molar refractivity (Wildman–Crippen MR) is 98.1 cm³/mol. The molecule has 25 heavy (non-hydrogen) atoms. The highest BCUT2D eigenvalue weighted by Crippen LogP contribution is 2.27. The lowest BCUT2D eigenvalue weighted by Crippen LogP contribution is -2.41. The molecular weight excluding hydrogens is 340 g/mol. The van der Waals surface area contributed by atoms with E-state index < -0.39 is 0 Å². The molecule has 6 nitrogen and oxygen atoms in total. The molecule has 2 N–H and O–H groups in total. The van der Waals surface area contributed by atoms with Gasteiger partial charge in [0.15, 0.2) is 0 Å². The number of nitrogens with zero attached hydrogens (tertiary/aromatic N) is 3. The first-order chi connectivity index (χ1) is 12.1. The van der Waals surface area contributed by atoms with Gasteiger partial charge >= 0.3 is 6.03 Å². The molecule has 134 valence electrons. The first-order valence-electron chi connectivity index (χ1n) is 8.53. The standard InChI is InChI=1S/C18H23ClN4O2/c1-13-15(19)5-2-6-16(13)20-18(25)22-8-3-4-14(12-22)17-7-9-23(21-17)10-11-24/h2,5-7,9,14,24H,3-4,8,10-12H2,1H3,(H,20,25)/t14-/m1/s1. The van der Waals surface area contributed by atoms with Gasteiger partial charge in [-0.15, -0.1) is 0 Å². The predicted octanol–water partition coefficient (Wildman–Crippen LogP) is 3.25. The first kappa shape index (κ1) is 17.8. The molecule has 2 amide bonds. The lowest BCUT2D eigenvalue weighted by atomic mass is 9.95. The van der Waals surface area contributed by atoms with E-state index in [4.69, 9.17) is 16.7 Å². The summed E-state index contributed by atoms with van der Waals surface area (Å²) in [4.78, 5) is 14.5. The van der Waals surface area contributed by atoms with Gasteiger partial charge in [-0.3, -0.25) is 4.68 Å². The van der Waals surface area contributed by atoms with Crippen molar-refractivity contribution in [3.05, 3.63) is 46.7 Å². The molecule has 7 heteroatoms. The Labute approximate surface area is 152 Å². The number of nitrogens with one attached hydrogen (secondary N) is 1. The summed E-state index contributed by atoms with van der Waals surface area (Å²) in [5, 5.41) is 17.1. The maximum Gasteiger partial charge on any atom is 0.321 e. The molecule has 1 aromatic carbocycles. The molecule has 0 bridgehead atoms. The number of likely N-dealkylation sites (tertiary alicyclic amines) is 1. The first-order valence-corrected chi connectivity index (χ1v) is 8.91. The van der Waals surface area contributed by atoms with E-state index in [1.165, 1.54) is 0 Å². The molecule has 1 aromatic heterocycles. The van der Waals surface area contributed by atoms with Crippen LogP contribution in [0.1, 0.15) is 30.0 Å². The van der Waals surface area contributed by atoms with Gasteiger partial charge in [0.2, 0.25) is 0 Å². The number of aliphatic hydroxyl groups excluding tert-OH is 1.